The number of hydrogen-bond donors (Lipinski definition) is 4. The normalized spacial score (nSPS) is 35.2. The zero-order chi connectivity index (χ0) is 22.6. The van der Waals surface area contributed by atoms with Gasteiger partial charge in [-0.1, -0.05) is 13.3 Å². The molecule has 30 heavy (non-hydrogen) atoms. The Labute approximate surface area is 187 Å². The Kier molecular flexibility index (Phi) is 9.92. The van der Waals surface area contributed by atoms with Crippen molar-refractivity contribution in [1.29, 1.82) is 0 Å². The zero-order valence-corrected chi connectivity index (χ0v) is 20.3. The first-order valence-electron chi connectivity index (χ1n) is 10.2. The molecule has 2 rings (SSSR count). The number of carbonyl (C=O) groups excluding carboxylic acids is 1. The number of aliphatic hydroxyl groups excluding tert-OH is 1. The zero-order valence-electron chi connectivity index (χ0n) is 17.8. The molecule has 2 aliphatic heterocycles. The standard InChI is InChI=1S/C18H34ClN2O7PS/c1-5-6-11-7-12(21(3)9-11)17(23)20-15(10(2)19)16-13(22)8-14(18(27-16)30-4)28-29(24,25)26/h10-16,18,22H,5-9H2,1-4H3,(H,20,23)(H2,24,25,26)/t10?,11?,12-,13+,14+,15+,16-,18?/m0/s1. The Hall–Kier alpha value is 0.1000. The summed E-state index contributed by atoms with van der Waals surface area (Å²) in [5, 5.41) is 13.0. The lowest BCUT2D eigenvalue weighted by Crippen LogP contribution is -2.60. The van der Waals surface area contributed by atoms with Crippen LogP contribution >= 0.6 is 31.2 Å². The van der Waals surface area contributed by atoms with Gasteiger partial charge < -0.3 is 24.9 Å². The molecule has 0 spiro atoms. The Morgan fingerprint density at radius 2 is 2.10 bits per heavy atom. The summed E-state index contributed by atoms with van der Waals surface area (Å²) in [6.07, 6.45) is 1.69. The second kappa shape index (κ2) is 11.3. The number of phosphoric acid groups is 1. The van der Waals surface area contributed by atoms with Crippen LogP contribution < -0.4 is 5.32 Å². The highest BCUT2D eigenvalue weighted by atomic mass is 35.5. The van der Waals surface area contributed by atoms with Gasteiger partial charge in [0, 0.05) is 13.0 Å². The molecule has 0 bridgehead atoms. The summed E-state index contributed by atoms with van der Waals surface area (Å²) in [5.41, 5.74) is -0.719. The van der Waals surface area contributed by atoms with Crippen molar-refractivity contribution in [1.82, 2.24) is 10.2 Å². The van der Waals surface area contributed by atoms with Gasteiger partial charge in [0.15, 0.2) is 0 Å². The SMILES string of the molecule is CCCC1C[C@@H](C(=O)N[C@H](C(C)Cl)[C@H]2OC(SC)[C@H](OP(=O)(O)O)C[C@H]2O)N(C)C1. The van der Waals surface area contributed by atoms with Crippen LogP contribution in [0.1, 0.15) is 39.5 Å². The molecule has 0 radical (unpaired) electrons. The average Bonchev–Trinajstić information content (AvgIpc) is 2.99. The van der Waals surface area contributed by atoms with Crippen LogP contribution in [0.3, 0.4) is 0 Å². The van der Waals surface area contributed by atoms with E-state index in [9.17, 15) is 14.5 Å². The molecule has 2 heterocycles. The van der Waals surface area contributed by atoms with E-state index in [1.54, 1.807) is 13.2 Å². The number of aliphatic hydroxyl groups is 1. The number of nitrogens with zero attached hydrogens (tertiary/aromatic N) is 1. The first-order chi connectivity index (χ1) is 14.0. The van der Waals surface area contributed by atoms with E-state index in [1.165, 1.54) is 11.8 Å². The summed E-state index contributed by atoms with van der Waals surface area (Å²) in [6.45, 7) is 4.71. The first-order valence-corrected chi connectivity index (χ1v) is 13.5. The van der Waals surface area contributed by atoms with E-state index in [2.05, 4.69) is 12.2 Å². The lowest BCUT2D eigenvalue weighted by Gasteiger charge is -2.42. The van der Waals surface area contributed by atoms with E-state index in [-0.39, 0.29) is 18.4 Å². The van der Waals surface area contributed by atoms with Gasteiger partial charge in [-0.3, -0.25) is 14.2 Å². The monoisotopic (exact) mass is 488 g/mol. The number of likely N-dealkylation sites (tertiary alicyclic amines) is 1. The summed E-state index contributed by atoms with van der Waals surface area (Å²) in [6, 6.07) is -0.930. The quantitative estimate of drug-likeness (QED) is 0.282. The number of alkyl halides is 1. The first kappa shape index (κ1) is 26.4. The minimum Gasteiger partial charge on any atom is -0.390 e. The van der Waals surface area contributed by atoms with Crippen molar-refractivity contribution in [3.63, 3.8) is 0 Å². The third kappa shape index (κ3) is 7.05. The molecular formula is C18H34ClN2O7PS. The number of halogens is 1. The molecule has 0 aliphatic carbocycles. The van der Waals surface area contributed by atoms with Gasteiger partial charge >= 0.3 is 7.82 Å². The Morgan fingerprint density at radius 1 is 1.43 bits per heavy atom. The molecule has 176 valence electrons. The van der Waals surface area contributed by atoms with Crippen LogP contribution in [-0.4, -0.2) is 86.8 Å². The van der Waals surface area contributed by atoms with Crippen LogP contribution in [-0.2, 0) is 18.6 Å². The van der Waals surface area contributed by atoms with Gasteiger partial charge in [-0.2, -0.15) is 0 Å². The second-order valence-corrected chi connectivity index (χ2v) is 11.0. The second-order valence-electron chi connectivity index (χ2n) is 8.20. The fraction of sp³-hybridized carbons (Fsp3) is 0.944. The smallest absolute Gasteiger partial charge is 0.390 e. The number of ether oxygens (including phenoxy) is 1. The molecule has 1 amide bonds. The van der Waals surface area contributed by atoms with Crippen molar-refractivity contribution in [3.8, 4) is 0 Å². The van der Waals surface area contributed by atoms with E-state index >= 15 is 0 Å². The third-order valence-electron chi connectivity index (χ3n) is 5.74. The van der Waals surface area contributed by atoms with Crippen molar-refractivity contribution < 1.29 is 33.5 Å². The fourth-order valence-corrected chi connectivity index (χ4v) is 5.91. The number of phosphoric ester groups is 1. The molecule has 0 aromatic heterocycles. The number of likely N-dealkylation sites (N-methyl/N-ethyl adjacent to an activating group) is 1. The van der Waals surface area contributed by atoms with Gasteiger partial charge in [-0.15, -0.1) is 23.4 Å². The number of rotatable bonds is 9. The number of nitrogens with one attached hydrogen (secondary N) is 1. The predicted molar refractivity (Wildman–Crippen MR) is 116 cm³/mol. The van der Waals surface area contributed by atoms with Crippen molar-refractivity contribution in [2.24, 2.45) is 5.92 Å². The highest BCUT2D eigenvalue weighted by Gasteiger charge is 2.46. The van der Waals surface area contributed by atoms with E-state index in [0.29, 0.717) is 5.92 Å². The van der Waals surface area contributed by atoms with Gasteiger partial charge in [-0.05, 0) is 39.0 Å². The summed E-state index contributed by atoms with van der Waals surface area (Å²) >= 11 is 7.57. The van der Waals surface area contributed by atoms with Crippen molar-refractivity contribution in [3.05, 3.63) is 0 Å². The highest BCUT2D eigenvalue weighted by molar-refractivity contribution is 7.99. The molecule has 12 heteroatoms. The minimum atomic E-state index is -4.74. The summed E-state index contributed by atoms with van der Waals surface area (Å²) in [4.78, 5) is 33.3. The summed E-state index contributed by atoms with van der Waals surface area (Å²) < 4.78 is 21.9. The Morgan fingerprint density at radius 3 is 2.63 bits per heavy atom. The van der Waals surface area contributed by atoms with Gasteiger partial charge in [-0.25, -0.2) is 4.57 Å². The molecule has 0 aromatic rings. The van der Waals surface area contributed by atoms with E-state index in [1.807, 2.05) is 11.9 Å². The average molecular weight is 489 g/mol. The molecule has 4 N–H and O–H groups in total. The van der Waals surface area contributed by atoms with Gasteiger partial charge in [0.2, 0.25) is 5.91 Å². The summed E-state index contributed by atoms with van der Waals surface area (Å²) in [5.74, 6) is 0.323. The predicted octanol–water partition coefficient (Wildman–Crippen LogP) is 1.54. The van der Waals surface area contributed by atoms with Crippen LogP contribution in [0.15, 0.2) is 0 Å². The number of thioether (sulfide) groups is 1. The third-order valence-corrected chi connectivity index (χ3v) is 7.44. The van der Waals surface area contributed by atoms with Gasteiger partial charge in [0.05, 0.1) is 23.6 Å². The molecular weight excluding hydrogens is 455 g/mol. The maximum Gasteiger partial charge on any atom is 0.469 e. The van der Waals surface area contributed by atoms with E-state index in [0.717, 1.165) is 25.8 Å². The minimum absolute atomic E-state index is 0.0425. The molecule has 8 atom stereocenters. The largest absolute Gasteiger partial charge is 0.469 e. The van der Waals surface area contributed by atoms with Crippen molar-refractivity contribution >= 4 is 37.1 Å². The Balaban J connectivity index is 2.08. The van der Waals surface area contributed by atoms with Crippen LogP contribution in [0.4, 0.5) is 0 Å². The molecule has 2 fully saturated rings. The number of carbonyl (C=O) groups is 1. The molecule has 2 saturated heterocycles. The molecule has 9 nitrogen and oxygen atoms in total. The van der Waals surface area contributed by atoms with E-state index in [4.69, 9.17) is 30.6 Å². The highest BCUT2D eigenvalue weighted by Crippen LogP contribution is 2.43. The molecule has 0 saturated carbocycles. The number of amides is 1. The maximum atomic E-state index is 13.0. The van der Waals surface area contributed by atoms with Gasteiger partial charge in [0.25, 0.3) is 0 Å². The van der Waals surface area contributed by atoms with Crippen LogP contribution in [0.5, 0.6) is 0 Å². The topological polar surface area (TPSA) is 129 Å². The fourth-order valence-electron chi connectivity index (χ4n) is 4.36. The molecule has 3 unspecified atom stereocenters. The van der Waals surface area contributed by atoms with Crippen molar-refractivity contribution in [2.45, 2.75) is 80.7 Å². The van der Waals surface area contributed by atoms with Crippen LogP contribution in [0.25, 0.3) is 0 Å². The van der Waals surface area contributed by atoms with E-state index < -0.39 is 43.0 Å². The lowest BCUT2D eigenvalue weighted by molar-refractivity contribution is -0.149. The van der Waals surface area contributed by atoms with Crippen LogP contribution in [0, 0.1) is 5.92 Å². The Bertz CT molecular complexity index is 625. The van der Waals surface area contributed by atoms with Crippen molar-refractivity contribution in [2.75, 3.05) is 19.8 Å². The lowest BCUT2D eigenvalue weighted by atomic mass is 9.94. The van der Waals surface area contributed by atoms with Gasteiger partial charge in [0.1, 0.15) is 17.6 Å². The summed E-state index contributed by atoms with van der Waals surface area (Å²) in [7, 11) is -2.81. The molecule has 0 aromatic carbocycles. The van der Waals surface area contributed by atoms with Crippen LogP contribution in [0.2, 0.25) is 0 Å². The molecule has 2 aliphatic rings. The number of hydrogen-bond acceptors (Lipinski definition) is 7. The maximum absolute atomic E-state index is 13.0.